The van der Waals surface area contributed by atoms with Crippen molar-refractivity contribution in [1.82, 2.24) is 0 Å². The van der Waals surface area contributed by atoms with Crippen LogP contribution in [0.3, 0.4) is 0 Å². The molecule has 0 spiro atoms. The lowest BCUT2D eigenvalue weighted by Gasteiger charge is -2.10. The van der Waals surface area contributed by atoms with E-state index in [9.17, 15) is 22.0 Å². The molecule has 0 bridgehead atoms. The fraction of sp³-hybridized carbons (Fsp3) is 0.143. The normalized spacial score (nSPS) is 10.8. The maximum Gasteiger partial charge on any atom is 0.134 e. The molecule has 112 valence electrons. The standard InChI is InChI=1S/C14H11F5N2/c15-7-1-11(16)10(12(17)2-7)6-21-8-3-13(18)9(5-20)14(19)4-8/h1-4,21H,5-6,20H2. The molecule has 21 heavy (non-hydrogen) atoms. The number of nitrogens with one attached hydrogen (secondary N) is 1. The molecule has 7 heteroatoms. The molecule has 2 aromatic rings. The number of benzene rings is 2. The largest absolute Gasteiger partial charge is 0.381 e. The summed E-state index contributed by atoms with van der Waals surface area (Å²) in [7, 11) is 0. The fourth-order valence-corrected chi connectivity index (χ4v) is 1.83. The van der Waals surface area contributed by atoms with E-state index in [2.05, 4.69) is 5.32 Å². The van der Waals surface area contributed by atoms with Gasteiger partial charge in [-0.05, 0) is 12.1 Å². The number of anilines is 1. The van der Waals surface area contributed by atoms with E-state index in [1.165, 1.54) is 0 Å². The third-order valence-electron chi connectivity index (χ3n) is 2.92. The second-order valence-electron chi connectivity index (χ2n) is 4.32. The van der Waals surface area contributed by atoms with Gasteiger partial charge in [-0.3, -0.25) is 0 Å². The van der Waals surface area contributed by atoms with Crippen molar-refractivity contribution in [2.75, 3.05) is 5.32 Å². The molecule has 0 atom stereocenters. The van der Waals surface area contributed by atoms with Crippen LogP contribution in [0, 0.1) is 29.1 Å². The van der Waals surface area contributed by atoms with Gasteiger partial charge in [0.05, 0.1) is 0 Å². The van der Waals surface area contributed by atoms with Crippen LogP contribution in [0.15, 0.2) is 24.3 Å². The fourth-order valence-electron chi connectivity index (χ4n) is 1.83. The Hall–Kier alpha value is -2.15. The van der Waals surface area contributed by atoms with E-state index in [1.807, 2.05) is 0 Å². The van der Waals surface area contributed by atoms with E-state index in [0.717, 1.165) is 12.1 Å². The first-order valence-corrected chi connectivity index (χ1v) is 5.97. The van der Waals surface area contributed by atoms with E-state index in [4.69, 9.17) is 5.73 Å². The summed E-state index contributed by atoms with van der Waals surface area (Å²) in [6.07, 6.45) is 0. The summed E-state index contributed by atoms with van der Waals surface area (Å²) in [5.74, 6) is -4.93. The van der Waals surface area contributed by atoms with Crippen LogP contribution in [0.25, 0.3) is 0 Å². The van der Waals surface area contributed by atoms with Crippen LogP contribution < -0.4 is 11.1 Å². The van der Waals surface area contributed by atoms with Crippen molar-refractivity contribution in [3.63, 3.8) is 0 Å². The number of nitrogens with two attached hydrogens (primary N) is 1. The van der Waals surface area contributed by atoms with Crippen LogP contribution in [-0.2, 0) is 13.1 Å². The van der Waals surface area contributed by atoms with E-state index in [0.29, 0.717) is 12.1 Å². The quantitative estimate of drug-likeness (QED) is 0.849. The van der Waals surface area contributed by atoms with Gasteiger partial charge in [0.2, 0.25) is 0 Å². The summed E-state index contributed by atoms with van der Waals surface area (Å²) < 4.78 is 66.5. The van der Waals surface area contributed by atoms with Crippen molar-refractivity contribution < 1.29 is 22.0 Å². The molecular formula is C14H11F5N2. The predicted octanol–water partition coefficient (Wildman–Crippen LogP) is 3.45. The molecule has 0 radical (unpaired) electrons. The van der Waals surface area contributed by atoms with Gasteiger partial charge in [0.1, 0.15) is 29.1 Å². The van der Waals surface area contributed by atoms with Gasteiger partial charge in [0, 0.05) is 42.0 Å². The number of rotatable bonds is 4. The topological polar surface area (TPSA) is 38.0 Å². The molecule has 2 rings (SSSR count). The average Bonchev–Trinajstić information content (AvgIpc) is 2.37. The highest BCUT2D eigenvalue weighted by Crippen LogP contribution is 2.21. The van der Waals surface area contributed by atoms with E-state index < -0.39 is 41.2 Å². The second kappa shape index (κ2) is 6.09. The molecule has 0 aliphatic carbocycles. The Morgan fingerprint density at radius 2 is 1.24 bits per heavy atom. The zero-order chi connectivity index (χ0) is 15.6. The van der Waals surface area contributed by atoms with Crippen molar-refractivity contribution in [1.29, 1.82) is 0 Å². The first-order valence-electron chi connectivity index (χ1n) is 5.97. The van der Waals surface area contributed by atoms with Gasteiger partial charge < -0.3 is 11.1 Å². The van der Waals surface area contributed by atoms with Crippen LogP contribution in [0.4, 0.5) is 27.6 Å². The van der Waals surface area contributed by atoms with Crippen molar-refractivity contribution in [3.05, 3.63) is 64.5 Å². The highest BCUT2D eigenvalue weighted by Gasteiger charge is 2.13. The number of halogens is 5. The van der Waals surface area contributed by atoms with E-state index in [-0.39, 0.29) is 17.8 Å². The van der Waals surface area contributed by atoms with Crippen LogP contribution in [0.5, 0.6) is 0 Å². The van der Waals surface area contributed by atoms with Crippen molar-refractivity contribution in [2.45, 2.75) is 13.1 Å². The second-order valence-corrected chi connectivity index (χ2v) is 4.32. The third-order valence-corrected chi connectivity index (χ3v) is 2.92. The molecule has 0 heterocycles. The van der Waals surface area contributed by atoms with Crippen LogP contribution in [0.1, 0.15) is 11.1 Å². The first-order chi connectivity index (χ1) is 9.92. The predicted molar refractivity (Wildman–Crippen MR) is 67.9 cm³/mol. The van der Waals surface area contributed by atoms with Gasteiger partial charge in [-0.25, -0.2) is 22.0 Å². The molecule has 0 aliphatic rings. The Kier molecular flexibility index (Phi) is 4.42. The molecule has 0 amide bonds. The number of hydrogen-bond donors (Lipinski definition) is 2. The van der Waals surface area contributed by atoms with Crippen molar-refractivity contribution in [2.24, 2.45) is 5.73 Å². The van der Waals surface area contributed by atoms with Crippen molar-refractivity contribution >= 4 is 5.69 Å². The average molecular weight is 302 g/mol. The van der Waals surface area contributed by atoms with Crippen LogP contribution >= 0.6 is 0 Å². The third kappa shape index (κ3) is 3.30. The molecule has 3 N–H and O–H groups in total. The minimum absolute atomic E-state index is 0.00896. The maximum atomic E-state index is 13.5. The van der Waals surface area contributed by atoms with Gasteiger partial charge in [-0.2, -0.15) is 0 Å². The number of hydrogen-bond acceptors (Lipinski definition) is 2. The summed E-state index contributed by atoms with van der Waals surface area (Å²) in [5, 5.41) is 2.47. The summed E-state index contributed by atoms with van der Waals surface area (Å²) in [6.45, 7) is -0.696. The smallest absolute Gasteiger partial charge is 0.134 e. The highest BCUT2D eigenvalue weighted by molar-refractivity contribution is 5.46. The minimum atomic E-state index is -1.08. The van der Waals surface area contributed by atoms with Crippen LogP contribution in [0.2, 0.25) is 0 Å². The lowest BCUT2D eigenvalue weighted by molar-refractivity contribution is 0.526. The van der Waals surface area contributed by atoms with Gasteiger partial charge in [0.25, 0.3) is 0 Å². The summed E-state index contributed by atoms with van der Waals surface area (Å²) >= 11 is 0. The van der Waals surface area contributed by atoms with Crippen LogP contribution in [-0.4, -0.2) is 0 Å². The Labute approximate surface area is 117 Å². The lowest BCUT2D eigenvalue weighted by atomic mass is 10.1. The highest BCUT2D eigenvalue weighted by atomic mass is 19.2. The summed E-state index contributed by atoms with van der Waals surface area (Å²) in [6, 6.07) is 2.98. The lowest BCUT2D eigenvalue weighted by Crippen LogP contribution is -2.08. The SMILES string of the molecule is NCc1c(F)cc(NCc2c(F)cc(F)cc2F)cc1F. The zero-order valence-corrected chi connectivity index (χ0v) is 10.7. The molecule has 0 saturated carbocycles. The molecule has 0 saturated heterocycles. The molecule has 0 fully saturated rings. The maximum absolute atomic E-state index is 13.5. The van der Waals surface area contributed by atoms with Crippen molar-refractivity contribution in [3.8, 4) is 0 Å². The Bertz CT molecular complexity index is 626. The van der Waals surface area contributed by atoms with E-state index >= 15 is 0 Å². The zero-order valence-electron chi connectivity index (χ0n) is 10.7. The van der Waals surface area contributed by atoms with Gasteiger partial charge >= 0.3 is 0 Å². The molecular weight excluding hydrogens is 291 g/mol. The van der Waals surface area contributed by atoms with Gasteiger partial charge in [0.15, 0.2) is 0 Å². The molecule has 2 nitrogen and oxygen atoms in total. The summed E-state index contributed by atoms with van der Waals surface area (Å²) in [5.41, 5.74) is 4.47. The van der Waals surface area contributed by atoms with Gasteiger partial charge in [-0.15, -0.1) is 0 Å². The van der Waals surface area contributed by atoms with Gasteiger partial charge in [-0.1, -0.05) is 0 Å². The monoisotopic (exact) mass is 302 g/mol. The molecule has 0 aliphatic heterocycles. The first kappa shape index (κ1) is 15.2. The molecule has 2 aromatic carbocycles. The molecule has 0 aromatic heterocycles. The summed E-state index contributed by atoms with van der Waals surface area (Å²) in [4.78, 5) is 0. The molecule has 0 unspecified atom stereocenters. The Morgan fingerprint density at radius 3 is 1.71 bits per heavy atom. The Morgan fingerprint density at radius 1 is 0.762 bits per heavy atom. The Balaban J connectivity index is 2.21. The minimum Gasteiger partial charge on any atom is -0.381 e. The van der Waals surface area contributed by atoms with E-state index in [1.54, 1.807) is 0 Å².